The van der Waals surface area contributed by atoms with Crippen molar-refractivity contribution in [1.29, 1.82) is 0 Å². The Kier molecular flexibility index (Phi) is 5.92. The Morgan fingerprint density at radius 2 is 1.94 bits per heavy atom. The predicted octanol–water partition coefficient (Wildman–Crippen LogP) is 3.40. The molecule has 9 heteroatoms. The number of benzene rings is 1. The summed E-state index contributed by atoms with van der Waals surface area (Å²) >= 11 is 0. The highest BCUT2D eigenvalue weighted by molar-refractivity contribution is 6.02. The van der Waals surface area contributed by atoms with Gasteiger partial charge in [-0.1, -0.05) is 6.07 Å². The van der Waals surface area contributed by atoms with E-state index in [2.05, 4.69) is 20.1 Å². The third-order valence-electron chi connectivity index (χ3n) is 5.42. The molecule has 3 aromatic heterocycles. The topological polar surface area (TPSA) is 78.1 Å². The van der Waals surface area contributed by atoms with Crippen molar-refractivity contribution in [2.45, 2.75) is 26.3 Å². The number of pyridine rings is 1. The standard InChI is InChI=1S/C23H27FN6O2/c1-14(2)30-20-17-13-15(7-9-18(17)26-27-22(20)29(5)23(30)31)16-8-10-19(25-21(16)24)32-12-6-11-28(3)4/h7-10,13-14H,6,11-12H2,1-5H3. The van der Waals surface area contributed by atoms with Crippen LogP contribution in [-0.4, -0.2) is 56.5 Å². The molecule has 168 valence electrons. The highest BCUT2D eigenvalue weighted by Gasteiger charge is 2.19. The molecule has 0 aliphatic carbocycles. The Bertz CT molecular complexity index is 1340. The zero-order chi connectivity index (χ0) is 23.0. The maximum Gasteiger partial charge on any atom is 0.330 e. The molecule has 0 N–H and O–H groups in total. The lowest BCUT2D eigenvalue weighted by atomic mass is 10.0. The first-order valence-corrected chi connectivity index (χ1v) is 10.6. The number of rotatable bonds is 7. The van der Waals surface area contributed by atoms with E-state index in [1.165, 1.54) is 4.57 Å². The van der Waals surface area contributed by atoms with Crippen LogP contribution in [0.1, 0.15) is 26.3 Å². The fourth-order valence-corrected chi connectivity index (χ4v) is 3.81. The van der Waals surface area contributed by atoms with Crippen LogP contribution in [0.5, 0.6) is 5.88 Å². The third-order valence-corrected chi connectivity index (χ3v) is 5.42. The van der Waals surface area contributed by atoms with E-state index in [0.717, 1.165) is 18.4 Å². The number of imidazole rings is 1. The second kappa shape index (κ2) is 8.66. The van der Waals surface area contributed by atoms with Gasteiger partial charge in [-0.15, -0.1) is 10.2 Å². The van der Waals surface area contributed by atoms with Crippen molar-refractivity contribution in [3.63, 3.8) is 0 Å². The molecule has 0 atom stereocenters. The number of aromatic nitrogens is 5. The largest absolute Gasteiger partial charge is 0.478 e. The van der Waals surface area contributed by atoms with Crippen LogP contribution in [0.15, 0.2) is 35.1 Å². The van der Waals surface area contributed by atoms with Crippen LogP contribution in [0.25, 0.3) is 33.2 Å². The van der Waals surface area contributed by atoms with Crippen LogP contribution in [0.4, 0.5) is 4.39 Å². The summed E-state index contributed by atoms with van der Waals surface area (Å²) < 4.78 is 23.6. The summed E-state index contributed by atoms with van der Waals surface area (Å²) in [6, 6.07) is 8.67. The fraction of sp³-hybridized carbons (Fsp3) is 0.391. The number of fused-ring (bicyclic) bond motifs is 3. The highest BCUT2D eigenvalue weighted by atomic mass is 19.1. The zero-order valence-electron chi connectivity index (χ0n) is 19.0. The summed E-state index contributed by atoms with van der Waals surface area (Å²) in [5.41, 5.74) is 2.65. The van der Waals surface area contributed by atoms with E-state index in [9.17, 15) is 9.18 Å². The molecule has 3 heterocycles. The van der Waals surface area contributed by atoms with Gasteiger partial charge < -0.3 is 9.64 Å². The highest BCUT2D eigenvalue weighted by Crippen LogP contribution is 2.30. The van der Waals surface area contributed by atoms with Crippen molar-refractivity contribution < 1.29 is 9.13 Å². The quantitative estimate of drug-likeness (QED) is 0.325. The molecule has 1 aromatic carbocycles. The van der Waals surface area contributed by atoms with Crippen molar-refractivity contribution in [3.05, 3.63) is 46.8 Å². The zero-order valence-corrected chi connectivity index (χ0v) is 19.0. The number of nitrogens with zero attached hydrogens (tertiary/aromatic N) is 6. The van der Waals surface area contributed by atoms with Gasteiger partial charge in [0.2, 0.25) is 11.8 Å². The van der Waals surface area contributed by atoms with Gasteiger partial charge in [-0.3, -0.25) is 9.13 Å². The summed E-state index contributed by atoms with van der Waals surface area (Å²) in [6.07, 6.45) is 0.828. The molecule has 0 spiro atoms. The summed E-state index contributed by atoms with van der Waals surface area (Å²) in [5.74, 6) is -0.349. The smallest absolute Gasteiger partial charge is 0.330 e. The van der Waals surface area contributed by atoms with Gasteiger partial charge in [0.25, 0.3) is 0 Å². The molecular formula is C23H27FN6O2. The number of ether oxygens (including phenoxy) is 1. The lowest BCUT2D eigenvalue weighted by Crippen LogP contribution is -2.23. The molecule has 0 aliphatic heterocycles. The maximum atomic E-state index is 14.9. The molecule has 4 rings (SSSR count). The molecule has 0 aliphatic rings. The Hall–Kier alpha value is -3.33. The SMILES string of the molecule is CC(C)n1c(=O)n(C)c2nnc3ccc(-c4ccc(OCCCN(C)C)nc4F)cc3c21. The molecule has 0 saturated carbocycles. The number of halogens is 1. The first-order chi connectivity index (χ1) is 15.3. The molecular weight excluding hydrogens is 411 g/mol. The summed E-state index contributed by atoms with van der Waals surface area (Å²) in [4.78, 5) is 18.8. The van der Waals surface area contributed by atoms with Gasteiger partial charge in [0.15, 0.2) is 5.65 Å². The van der Waals surface area contributed by atoms with E-state index < -0.39 is 5.95 Å². The van der Waals surface area contributed by atoms with E-state index in [4.69, 9.17) is 4.74 Å². The van der Waals surface area contributed by atoms with E-state index >= 15 is 0 Å². The van der Waals surface area contributed by atoms with Crippen LogP contribution >= 0.6 is 0 Å². The van der Waals surface area contributed by atoms with Crippen LogP contribution in [0.2, 0.25) is 0 Å². The van der Waals surface area contributed by atoms with Crippen LogP contribution in [0, 0.1) is 5.95 Å². The van der Waals surface area contributed by atoms with Crippen LogP contribution in [-0.2, 0) is 7.05 Å². The van der Waals surface area contributed by atoms with E-state index in [0.29, 0.717) is 34.4 Å². The molecule has 0 amide bonds. The normalized spacial score (nSPS) is 11.9. The second-order valence-corrected chi connectivity index (χ2v) is 8.40. The molecule has 0 bridgehead atoms. The first-order valence-electron chi connectivity index (χ1n) is 10.6. The Balaban J connectivity index is 1.75. The van der Waals surface area contributed by atoms with Crippen molar-refractivity contribution in [2.24, 2.45) is 7.05 Å². The van der Waals surface area contributed by atoms with E-state index in [1.54, 1.807) is 35.9 Å². The monoisotopic (exact) mass is 438 g/mol. The van der Waals surface area contributed by atoms with Gasteiger partial charge in [0, 0.05) is 36.7 Å². The molecule has 0 saturated heterocycles. The second-order valence-electron chi connectivity index (χ2n) is 8.40. The lowest BCUT2D eigenvalue weighted by molar-refractivity contribution is 0.270. The van der Waals surface area contributed by atoms with Gasteiger partial charge >= 0.3 is 5.69 Å². The van der Waals surface area contributed by atoms with Crippen LogP contribution in [0.3, 0.4) is 0 Å². The van der Waals surface area contributed by atoms with Gasteiger partial charge in [0.1, 0.15) is 5.52 Å². The minimum atomic E-state index is -0.609. The van der Waals surface area contributed by atoms with Gasteiger partial charge in [0.05, 0.1) is 12.1 Å². The number of hydrogen-bond acceptors (Lipinski definition) is 6. The maximum absolute atomic E-state index is 14.9. The number of aryl methyl sites for hydroxylation is 1. The van der Waals surface area contributed by atoms with Crippen molar-refractivity contribution in [3.8, 4) is 17.0 Å². The average molecular weight is 439 g/mol. The van der Waals surface area contributed by atoms with Gasteiger partial charge in [-0.05, 0) is 58.1 Å². The summed E-state index contributed by atoms with van der Waals surface area (Å²) in [7, 11) is 5.66. The third kappa shape index (κ3) is 3.95. The van der Waals surface area contributed by atoms with E-state index in [1.807, 2.05) is 34.0 Å². The van der Waals surface area contributed by atoms with Crippen molar-refractivity contribution in [2.75, 3.05) is 27.2 Å². The predicted molar refractivity (Wildman–Crippen MR) is 123 cm³/mol. The summed E-state index contributed by atoms with van der Waals surface area (Å²) in [6.45, 7) is 5.24. The van der Waals surface area contributed by atoms with E-state index in [-0.39, 0.29) is 17.6 Å². The first kappa shape index (κ1) is 21.9. The lowest BCUT2D eigenvalue weighted by Gasteiger charge is -2.11. The molecule has 8 nitrogen and oxygen atoms in total. The molecule has 0 unspecified atom stereocenters. The molecule has 4 aromatic rings. The Morgan fingerprint density at radius 1 is 1.16 bits per heavy atom. The fourth-order valence-electron chi connectivity index (χ4n) is 3.81. The Labute approximate surface area is 185 Å². The van der Waals surface area contributed by atoms with Gasteiger partial charge in [-0.25, -0.2) is 4.79 Å². The Morgan fingerprint density at radius 3 is 2.62 bits per heavy atom. The molecule has 0 radical (unpaired) electrons. The minimum Gasteiger partial charge on any atom is -0.478 e. The van der Waals surface area contributed by atoms with Gasteiger partial charge in [-0.2, -0.15) is 9.37 Å². The molecule has 0 fully saturated rings. The van der Waals surface area contributed by atoms with Crippen molar-refractivity contribution in [1.82, 2.24) is 29.2 Å². The van der Waals surface area contributed by atoms with Crippen LogP contribution < -0.4 is 10.4 Å². The summed E-state index contributed by atoms with van der Waals surface area (Å²) in [5, 5.41) is 9.23. The average Bonchev–Trinajstić information content (AvgIpc) is 3.02. The number of hydrogen-bond donors (Lipinski definition) is 0. The minimum absolute atomic E-state index is 0.0652. The molecule has 32 heavy (non-hydrogen) atoms. The van der Waals surface area contributed by atoms with Crippen molar-refractivity contribution >= 4 is 22.1 Å².